The van der Waals surface area contributed by atoms with E-state index >= 15 is 0 Å². The van der Waals surface area contributed by atoms with Crippen LogP contribution in [0.3, 0.4) is 0 Å². The summed E-state index contributed by atoms with van der Waals surface area (Å²) in [5, 5.41) is 8.52. The van der Waals surface area contributed by atoms with E-state index in [1.54, 1.807) is 13.8 Å². The lowest BCUT2D eigenvalue weighted by Gasteiger charge is -2.13. The molecular weight excluding hydrogens is 172 g/mol. The topological polar surface area (TPSA) is 63.6 Å². The highest BCUT2D eigenvalue weighted by atomic mass is 16.6. The molecule has 0 aromatic rings. The number of carboxylic acids is 1. The summed E-state index contributed by atoms with van der Waals surface area (Å²) in [7, 11) is 0. The van der Waals surface area contributed by atoms with Gasteiger partial charge in [0.2, 0.25) is 0 Å². The Morgan fingerprint density at radius 3 is 2.54 bits per heavy atom. The van der Waals surface area contributed by atoms with Crippen LogP contribution in [0.2, 0.25) is 0 Å². The third kappa shape index (κ3) is 1.56. The van der Waals surface area contributed by atoms with Crippen molar-refractivity contribution in [2.75, 3.05) is 0 Å². The summed E-state index contributed by atoms with van der Waals surface area (Å²) in [6.07, 6.45) is -0.867. The second-order valence-electron chi connectivity index (χ2n) is 3.64. The van der Waals surface area contributed by atoms with Crippen molar-refractivity contribution in [2.24, 2.45) is 5.41 Å². The number of carbonyl (C=O) groups excluding carboxylic acids is 1. The minimum Gasteiger partial charge on any atom is -0.481 e. The van der Waals surface area contributed by atoms with Crippen molar-refractivity contribution in [2.45, 2.75) is 26.4 Å². The van der Waals surface area contributed by atoms with Crippen LogP contribution in [0.15, 0.2) is 12.2 Å². The maximum atomic E-state index is 11.2. The van der Waals surface area contributed by atoms with Crippen molar-refractivity contribution in [3.63, 3.8) is 0 Å². The number of carboxylic acid groups (broad SMARTS) is 1. The van der Waals surface area contributed by atoms with E-state index in [-0.39, 0.29) is 6.42 Å². The summed E-state index contributed by atoms with van der Waals surface area (Å²) >= 11 is 0. The molecular formula is C9H12O4. The molecule has 0 aromatic carbocycles. The van der Waals surface area contributed by atoms with E-state index in [2.05, 4.69) is 6.58 Å². The van der Waals surface area contributed by atoms with Gasteiger partial charge in [-0.15, -0.1) is 0 Å². The summed E-state index contributed by atoms with van der Waals surface area (Å²) in [5.41, 5.74) is -0.208. The molecule has 13 heavy (non-hydrogen) atoms. The average Bonchev–Trinajstić information content (AvgIpc) is 2.15. The van der Waals surface area contributed by atoms with E-state index in [9.17, 15) is 9.59 Å². The van der Waals surface area contributed by atoms with Gasteiger partial charge in [-0.1, -0.05) is 6.58 Å². The predicted octanol–water partition coefficient (Wildman–Crippen LogP) is 0.969. The normalized spacial score (nSPS) is 25.8. The molecule has 1 aliphatic rings. The molecule has 1 atom stereocenters. The summed E-state index contributed by atoms with van der Waals surface area (Å²) in [6, 6.07) is 0. The first-order valence-electron chi connectivity index (χ1n) is 3.98. The van der Waals surface area contributed by atoms with Gasteiger partial charge in [-0.3, -0.25) is 9.59 Å². The summed E-state index contributed by atoms with van der Waals surface area (Å²) < 4.78 is 4.88. The van der Waals surface area contributed by atoms with Gasteiger partial charge in [0.1, 0.15) is 6.10 Å². The second kappa shape index (κ2) is 2.87. The van der Waals surface area contributed by atoms with Gasteiger partial charge in [-0.25, -0.2) is 0 Å². The number of esters is 1. The van der Waals surface area contributed by atoms with Gasteiger partial charge >= 0.3 is 11.9 Å². The quantitative estimate of drug-likeness (QED) is 0.513. The maximum absolute atomic E-state index is 11.2. The molecule has 0 aliphatic carbocycles. The Morgan fingerprint density at radius 2 is 2.23 bits per heavy atom. The van der Waals surface area contributed by atoms with Crippen molar-refractivity contribution in [1.29, 1.82) is 0 Å². The number of rotatable bonds is 2. The molecule has 1 saturated heterocycles. The van der Waals surface area contributed by atoms with Gasteiger partial charge < -0.3 is 9.84 Å². The fourth-order valence-electron chi connectivity index (χ4n) is 1.20. The van der Waals surface area contributed by atoms with E-state index in [1.165, 1.54) is 0 Å². The molecule has 0 amide bonds. The van der Waals surface area contributed by atoms with Gasteiger partial charge in [0, 0.05) is 0 Å². The Bertz CT molecular complexity index is 277. The van der Waals surface area contributed by atoms with Gasteiger partial charge in [-0.05, 0) is 19.4 Å². The smallest absolute Gasteiger partial charge is 0.316 e. The number of carbonyl (C=O) groups is 2. The van der Waals surface area contributed by atoms with Crippen molar-refractivity contribution in [1.82, 2.24) is 0 Å². The molecule has 0 bridgehead atoms. The molecule has 0 spiro atoms. The fourth-order valence-corrected chi connectivity index (χ4v) is 1.20. The summed E-state index contributed by atoms with van der Waals surface area (Å²) in [5.74, 6) is -1.39. The zero-order valence-corrected chi connectivity index (χ0v) is 7.66. The van der Waals surface area contributed by atoms with Crippen LogP contribution in [0.4, 0.5) is 0 Å². The zero-order valence-electron chi connectivity index (χ0n) is 7.66. The first-order chi connectivity index (χ1) is 5.85. The molecule has 4 nitrogen and oxygen atoms in total. The lowest BCUT2D eigenvalue weighted by Crippen LogP contribution is -2.19. The second-order valence-corrected chi connectivity index (χ2v) is 3.64. The van der Waals surface area contributed by atoms with Gasteiger partial charge in [-0.2, -0.15) is 0 Å². The van der Waals surface area contributed by atoms with Crippen LogP contribution >= 0.6 is 0 Å². The van der Waals surface area contributed by atoms with E-state index in [4.69, 9.17) is 9.84 Å². The molecule has 1 rings (SSSR count). The third-order valence-electron chi connectivity index (χ3n) is 2.31. The Hall–Kier alpha value is -1.32. The zero-order chi connectivity index (χ0) is 10.2. The van der Waals surface area contributed by atoms with Crippen LogP contribution in [0.1, 0.15) is 20.3 Å². The Kier molecular flexibility index (Phi) is 2.15. The van der Waals surface area contributed by atoms with E-state index in [1.807, 2.05) is 0 Å². The van der Waals surface area contributed by atoms with Crippen LogP contribution < -0.4 is 0 Å². The Balaban J connectivity index is 2.80. The number of ether oxygens (including phenoxy) is 1. The van der Waals surface area contributed by atoms with Crippen LogP contribution in [0.5, 0.6) is 0 Å². The number of aliphatic carboxylic acids is 1. The van der Waals surface area contributed by atoms with Crippen molar-refractivity contribution in [3.8, 4) is 0 Å². The molecule has 1 aliphatic heterocycles. The van der Waals surface area contributed by atoms with Crippen LogP contribution in [-0.4, -0.2) is 23.1 Å². The Morgan fingerprint density at radius 1 is 1.69 bits per heavy atom. The van der Waals surface area contributed by atoms with E-state index in [0.29, 0.717) is 5.57 Å². The standard InChI is InChI=1S/C9H12O4/c1-5-6(4-7(10)11)13-8(12)9(5,2)3/h6H,1,4H2,2-3H3,(H,10,11)/t6-/m1/s1. The molecule has 0 aromatic heterocycles. The average molecular weight is 184 g/mol. The van der Waals surface area contributed by atoms with Crippen LogP contribution in [0, 0.1) is 5.41 Å². The van der Waals surface area contributed by atoms with Crippen molar-refractivity contribution in [3.05, 3.63) is 12.2 Å². The predicted molar refractivity (Wildman–Crippen MR) is 45.1 cm³/mol. The molecule has 0 unspecified atom stereocenters. The third-order valence-corrected chi connectivity index (χ3v) is 2.31. The summed E-state index contributed by atoms with van der Waals surface area (Å²) in [4.78, 5) is 21.6. The maximum Gasteiger partial charge on any atom is 0.316 e. The first kappa shape index (κ1) is 9.77. The minimum atomic E-state index is -0.989. The first-order valence-corrected chi connectivity index (χ1v) is 3.98. The molecule has 72 valence electrons. The lowest BCUT2D eigenvalue weighted by molar-refractivity contribution is -0.149. The molecule has 0 radical (unpaired) electrons. The largest absolute Gasteiger partial charge is 0.481 e. The number of cyclic esters (lactones) is 1. The minimum absolute atomic E-state index is 0.200. The lowest BCUT2D eigenvalue weighted by atomic mass is 9.84. The molecule has 1 heterocycles. The summed E-state index contributed by atoms with van der Waals surface area (Å²) in [6.45, 7) is 7.04. The fraction of sp³-hybridized carbons (Fsp3) is 0.556. The molecule has 0 saturated carbocycles. The van der Waals surface area contributed by atoms with Crippen molar-refractivity contribution >= 4 is 11.9 Å². The molecule has 4 heteroatoms. The highest BCUT2D eigenvalue weighted by Crippen LogP contribution is 2.38. The Labute approximate surface area is 76.2 Å². The SMILES string of the molecule is C=C1[C@@H](CC(=O)O)OC(=O)C1(C)C. The highest BCUT2D eigenvalue weighted by Gasteiger charge is 2.45. The van der Waals surface area contributed by atoms with Crippen LogP contribution in [0.25, 0.3) is 0 Å². The van der Waals surface area contributed by atoms with Gasteiger partial charge in [0.15, 0.2) is 0 Å². The highest BCUT2D eigenvalue weighted by molar-refractivity contribution is 5.84. The number of hydrogen-bond acceptors (Lipinski definition) is 3. The molecule has 1 fully saturated rings. The van der Waals surface area contributed by atoms with Crippen LogP contribution in [-0.2, 0) is 14.3 Å². The number of hydrogen-bond donors (Lipinski definition) is 1. The molecule has 1 N–H and O–H groups in total. The van der Waals surface area contributed by atoms with E-state index in [0.717, 1.165) is 0 Å². The van der Waals surface area contributed by atoms with Crippen molar-refractivity contribution < 1.29 is 19.4 Å². The monoisotopic (exact) mass is 184 g/mol. The van der Waals surface area contributed by atoms with Gasteiger partial charge in [0.25, 0.3) is 0 Å². The van der Waals surface area contributed by atoms with Gasteiger partial charge in [0.05, 0.1) is 11.8 Å². The van der Waals surface area contributed by atoms with E-state index < -0.39 is 23.5 Å².